The summed E-state index contributed by atoms with van der Waals surface area (Å²) in [6.45, 7) is 5.46. The normalized spacial score (nSPS) is 16.6. The summed E-state index contributed by atoms with van der Waals surface area (Å²) in [5, 5.41) is 15.8. The van der Waals surface area contributed by atoms with E-state index in [-0.39, 0.29) is 24.2 Å². The van der Waals surface area contributed by atoms with Crippen LogP contribution in [0.25, 0.3) is 0 Å². The van der Waals surface area contributed by atoms with Crippen molar-refractivity contribution in [3.8, 4) is 0 Å². The molecule has 0 aliphatic carbocycles. The maximum absolute atomic E-state index is 12.4. The van der Waals surface area contributed by atoms with E-state index in [1.165, 1.54) is 11.3 Å². The number of rotatable bonds is 8. The van der Waals surface area contributed by atoms with Crippen LogP contribution < -0.4 is 15.5 Å². The Labute approximate surface area is 162 Å². The van der Waals surface area contributed by atoms with Crippen molar-refractivity contribution in [3.63, 3.8) is 0 Å². The number of carbonyl (C=O) groups is 2. The first-order valence-electron chi connectivity index (χ1n) is 9.14. The number of aromatic nitrogens is 3. The van der Waals surface area contributed by atoms with Gasteiger partial charge < -0.3 is 10.6 Å². The molecule has 8 nitrogen and oxygen atoms in total. The van der Waals surface area contributed by atoms with Crippen molar-refractivity contribution in [2.45, 2.75) is 33.1 Å². The molecular formula is C18H24N6O2S. The van der Waals surface area contributed by atoms with Crippen molar-refractivity contribution in [1.82, 2.24) is 20.5 Å². The highest BCUT2D eigenvalue weighted by Gasteiger charge is 2.36. The van der Waals surface area contributed by atoms with Crippen LogP contribution in [0, 0.1) is 12.8 Å². The molecule has 1 saturated heterocycles. The number of anilines is 2. The molecule has 9 heteroatoms. The van der Waals surface area contributed by atoms with Gasteiger partial charge >= 0.3 is 0 Å². The molecule has 2 aromatic rings. The zero-order chi connectivity index (χ0) is 19.2. The number of hydrogen-bond acceptors (Lipinski definition) is 7. The van der Waals surface area contributed by atoms with Crippen molar-refractivity contribution in [2.24, 2.45) is 5.92 Å². The van der Waals surface area contributed by atoms with Gasteiger partial charge in [0.25, 0.3) is 0 Å². The van der Waals surface area contributed by atoms with Crippen LogP contribution >= 0.6 is 11.3 Å². The van der Waals surface area contributed by atoms with Gasteiger partial charge in [0.15, 0.2) is 0 Å². The molecular weight excluding hydrogens is 364 g/mol. The Hall–Kier alpha value is -2.55. The first kappa shape index (κ1) is 19.2. The summed E-state index contributed by atoms with van der Waals surface area (Å²) in [4.78, 5) is 30.5. The minimum absolute atomic E-state index is 0.0726. The quantitative estimate of drug-likeness (QED) is 0.669. The summed E-state index contributed by atoms with van der Waals surface area (Å²) in [6.07, 6.45) is 3.78. The standard InChI is InChI=1S/C18H24N6O2S/c1-3-5-14-22-23-18(27-14)24-11-13(10-15(24)25)17(26)21-9-8-20-16-12(2)6-4-7-19-16/h4,6-7,13H,3,5,8-11H2,1-2H3,(H,19,20)(H,21,26). The van der Waals surface area contributed by atoms with Crippen LogP contribution in [0.5, 0.6) is 0 Å². The number of aryl methyl sites for hydroxylation is 2. The molecule has 3 heterocycles. The molecule has 0 bridgehead atoms. The van der Waals surface area contributed by atoms with Crippen molar-refractivity contribution >= 4 is 34.1 Å². The molecule has 1 unspecified atom stereocenters. The zero-order valence-corrected chi connectivity index (χ0v) is 16.4. The van der Waals surface area contributed by atoms with Crippen LogP contribution in [-0.4, -0.2) is 46.6 Å². The van der Waals surface area contributed by atoms with Gasteiger partial charge in [0, 0.05) is 38.7 Å². The Kier molecular flexibility index (Phi) is 6.33. The zero-order valence-electron chi connectivity index (χ0n) is 15.6. The third kappa shape index (κ3) is 4.79. The molecule has 2 amide bonds. The molecule has 1 fully saturated rings. The average Bonchev–Trinajstić information content (AvgIpc) is 3.27. The summed E-state index contributed by atoms with van der Waals surface area (Å²) >= 11 is 1.43. The number of pyridine rings is 1. The van der Waals surface area contributed by atoms with E-state index in [0.717, 1.165) is 29.2 Å². The second kappa shape index (κ2) is 8.90. The van der Waals surface area contributed by atoms with E-state index in [1.54, 1.807) is 11.1 Å². The van der Waals surface area contributed by atoms with E-state index >= 15 is 0 Å². The third-order valence-electron chi connectivity index (χ3n) is 4.37. The van der Waals surface area contributed by atoms with Gasteiger partial charge in [0.2, 0.25) is 16.9 Å². The highest BCUT2D eigenvalue weighted by atomic mass is 32.1. The second-order valence-corrected chi connectivity index (χ2v) is 7.56. The van der Waals surface area contributed by atoms with E-state index in [0.29, 0.717) is 24.8 Å². The molecule has 1 aliphatic heterocycles. The molecule has 144 valence electrons. The molecule has 0 aromatic carbocycles. The summed E-state index contributed by atoms with van der Waals surface area (Å²) in [6, 6.07) is 3.86. The van der Waals surface area contributed by atoms with Crippen LogP contribution in [-0.2, 0) is 16.0 Å². The van der Waals surface area contributed by atoms with Crippen LogP contribution in [0.15, 0.2) is 18.3 Å². The van der Waals surface area contributed by atoms with Crippen molar-refractivity contribution in [2.75, 3.05) is 29.9 Å². The van der Waals surface area contributed by atoms with Gasteiger partial charge in [-0.3, -0.25) is 14.5 Å². The Balaban J connectivity index is 1.46. The van der Waals surface area contributed by atoms with Gasteiger partial charge in [-0.15, -0.1) is 10.2 Å². The van der Waals surface area contributed by atoms with Crippen LogP contribution in [0.4, 0.5) is 10.9 Å². The Morgan fingerprint density at radius 2 is 2.22 bits per heavy atom. The average molecular weight is 388 g/mol. The van der Waals surface area contributed by atoms with Crippen molar-refractivity contribution in [3.05, 3.63) is 28.9 Å². The summed E-state index contributed by atoms with van der Waals surface area (Å²) < 4.78 is 0. The lowest BCUT2D eigenvalue weighted by Gasteiger charge is -2.13. The first-order chi connectivity index (χ1) is 13.1. The van der Waals surface area contributed by atoms with Crippen LogP contribution in [0.2, 0.25) is 0 Å². The molecule has 27 heavy (non-hydrogen) atoms. The SMILES string of the molecule is CCCc1nnc(N2CC(C(=O)NCCNc3ncccc3C)CC2=O)s1. The minimum atomic E-state index is -0.354. The summed E-state index contributed by atoms with van der Waals surface area (Å²) in [7, 11) is 0. The molecule has 1 atom stereocenters. The Morgan fingerprint density at radius 3 is 3.00 bits per heavy atom. The highest BCUT2D eigenvalue weighted by Crippen LogP contribution is 2.28. The lowest BCUT2D eigenvalue weighted by Crippen LogP contribution is -2.35. The van der Waals surface area contributed by atoms with E-state index in [1.807, 2.05) is 19.1 Å². The minimum Gasteiger partial charge on any atom is -0.368 e. The van der Waals surface area contributed by atoms with Crippen LogP contribution in [0.3, 0.4) is 0 Å². The summed E-state index contributed by atoms with van der Waals surface area (Å²) in [5.41, 5.74) is 1.06. The fraction of sp³-hybridized carbons (Fsp3) is 0.500. The Morgan fingerprint density at radius 1 is 1.37 bits per heavy atom. The smallest absolute Gasteiger partial charge is 0.229 e. The molecule has 2 aromatic heterocycles. The topological polar surface area (TPSA) is 100 Å². The largest absolute Gasteiger partial charge is 0.368 e. The van der Waals surface area contributed by atoms with Gasteiger partial charge in [0.1, 0.15) is 10.8 Å². The maximum Gasteiger partial charge on any atom is 0.229 e. The van der Waals surface area contributed by atoms with Gasteiger partial charge in [0.05, 0.1) is 5.92 Å². The molecule has 0 saturated carbocycles. The lowest BCUT2D eigenvalue weighted by atomic mass is 10.1. The number of hydrogen-bond donors (Lipinski definition) is 2. The molecule has 3 rings (SSSR count). The van der Waals surface area contributed by atoms with Crippen molar-refractivity contribution < 1.29 is 9.59 Å². The maximum atomic E-state index is 12.4. The van der Waals surface area contributed by atoms with E-state index in [4.69, 9.17) is 0 Å². The molecule has 1 aliphatic rings. The number of nitrogens with one attached hydrogen (secondary N) is 2. The second-order valence-electron chi connectivity index (χ2n) is 6.52. The predicted octanol–water partition coefficient (Wildman–Crippen LogP) is 1.78. The predicted molar refractivity (Wildman–Crippen MR) is 105 cm³/mol. The molecule has 0 radical (unpaired) electrons. The lowest BCUT2D eigenvalue weighted by molar-refractivity contribution is -0.126. The number of carbonyl (C=O) groups excluding carboxylic acids is 2. The molecule has 2 N–H and O–H groups in total. The fourth-order valence-corrected chi connectivity index (χ4v) is 3.89. The van der Waals surface area contributed by atoms with Gasteiger partial charge in [-0.05, 0) is 25.0 Å². The highest BCUT2D eigenvalue weighted by molar-refractivity contribution is 7.15. The number of nitrogens with zero attached hydrogens (tertiary/aromatic N) is 4. The first-order valence-corrected chi connectivity index (χ1v) is 9.96. The number of amides is 2. The third-order valence-corrected chi connectivity index (χ3v) is 5.38. The van der Waals surface area contributed by atoms with Gasteiger partial charge in [-0.2, -0.15) is 0 Å². The van der Waals surface area contributed by atoms with Gasteiger partial charge in [-0.25, -0.2) is 4.98 Å². The molecule has 0 spiro atoms. The fourth-order valence-electron chi connectivity index (χ4n) is 2.92. The van der Waals surface area contributed by atoms with E-state index in [2.05, 4.69) is 32.7 Å². The summed E-state index contributed by atoms with van der Waals surface area (Å²) in [5.74, 6) is 0.279. The monoisotopic (exact) mass is 388 g/mol. The Bertz CT molecular complexity index is 809. The van der Waals surface area contributed by atoms with Gasteiger partial charge in [-0.1, -0.05) is 24.3 Å². The van der Waals surface area contributed by atoms with Crippen LogP contribution in [0.1, 0.15) is 30.3 Å². The van der Waals surface area contributed by atoms with Crippen molar-refractivity contribution in [1.29, 1.82) is 0 Å². The van der Waals surface area contributed by atoms with E-state index in [9.17, 15) is 9.59 Å². The van der Waals surface area contributed by atoms with E-state index < -0.39 is 0 Å².